The van der Waals surface area contributed by atoms with Gasteiger partial charge >= 0.3 is 5.97 Å². The van der Waals surface area contributed by atoms with E-state index in [0.717, 1.165) is 55.4 Å². The summed E-state index contributed by atoms with van der Waals surface area (Å²) < 4.78 is 11.4. The normalized spacial score (nSPS) is 17.1. The van der Waals surface area contributed by atoms with Crippen LogP contribution in [-0.2, 0) is 14.9 Å². The van der Waals surface area contributed by atoms with Crippen LogP contribution in [0.4, 0.5) is 0 Å². The van der Waals surface area contributed by atoms with Gasteiger partial charge in [0.2, 0.25) is 0 Å². The summed E-state index contributed by atoms with van der Waals surface area (Å²) in [5.41, 5.74) is 5.26. The summed E-state index contributed by atoms with van der Waals surface area (Å²) in [4.78, 5) is 11.4. The Morgan fingerprint density at radius 3 is 2.15 bits per heavy atom. The van der Waals surface area contributed by atoms with E-state index in [-0.39, 0.29) is 17.5 Å². The summed E-state index contributed by atoms with van der Waals surface area (Å²) >= 11 is 0. The molecule has 3 rings (SSSR count). The first-order chi connectivity index (χ1) is 19.7. The van der Waals surface area contributed by atoms with Crippen molar-refractivity contribution >= 4 is 12.0 Å². The van der Waals surface area contributed by atoms with Gasteiger partial charge in [-0.1, -0.05) is 109 Å². The predicted octanol–water partition coefficient (Wildman–Crippen LogP) is 9.40. The van der Waals surface area contributed by atoms with Crippen LogP contribution in [-0.4, -0.2) is 29.4 Å². The van der Waals surface area contributed by atoms with Crippen molar-refractivity contribution in [1.82, 2.24) is 0 Å². The van der Waals surface area contributed by atoms with Gasteiger partial charge in [0.15, 0.2) is 0 Å². The van der Waals surface area contributed by atoms with E-state index in [1.54, 1.807) is 0 Å². The van der Waals surface area contributed by atoms with Gasteiger partial charge in [-0.15, -0.1) is 0 Å². The number of carbonyl (C=O) groups excluding carboxylic acids is 1. The molecule has 0 saturated carbocycles. The summed E-state index contributed by atoms with van der Waals surface area (Å²) in [7, 11) is 0. The number of carbonyl (C=O) groups is 1. The second-order valence-electron chi connectivity index (χ2n) is 12.1. The lowest BCUT2D eigenvalue weighted by Gasteiger charge is -2.34. The van der Waals surface area contributed by atoms with Crippen molar-refractivity contribution in [3.05, 3.63) is 70.3 Å². The molecule has 0 aromatic heterocycles. The molecule has 0 bridgehead atoms. The predicted molar refractivity (Wildman–Crippen MR) is 171 cm³/mol. The number of hydrogen-bond acceptors (Lipinski definition) is 4. The Bertz CT molecular complexity index is 1150. The first-order valence-corrected chi connectivity index (χ1v) is 16.2. The largest absolute Gasteiger partial charge is 0.489 e. The lowest BCUT2D eigenvalue weighted by molar-refractivity contribution is -0.142. The van der Waals surface area contributed by atoms with E-state index in [9.17, 15) is 9.90 Å². The maximum absolute atomic E-state index is 11.4. The molecule has 1 fully saturated rings. The molecule has 2 atom stereocenters. The Hall–Kier alpha value is -2.59. The Labute approximate surface area is 249 Å². The van der Waals surface area contributed by atoms with Crippen molar-refractivity contribution < 1.29 is 19.4 Å². The van der Waals surface area contributed by atoms with Gasteiger partial charge in [-0.05, 0) is 79.8 Å². The van der Waals surface area contributed by atoms with Crippen molar-refractivity contribution in [2.75, 3.05) is 6.61 Å². The van der Waals surface area contributed by atoms with Gasteiger partial charge < -0.3 is 14.6 Å². The van der Waals surface area contributed by atoms with Crippen LogP contribution in [0.25, 0.3) is 6.08 Å². The second kappa shape index (κ2) is 15.6. The molecule has 2 aromatic carbocycles. The van der Waals surface area contributed by atoms with E-state index in [0.29, 0.717) is 13.0 Å². The number of hydrogen-bond donors (Lipinski definition) is 1. The second-order valence-corrected chi connectivity index (χ2v) is 12.1. The van der Waals surface area contributed by atoms with E-state index < -0.39 is 5.60 Å². The minimum absolute atomic E-state index is 0.0980. The van der Waals surface area contributed by atoms with Gasteiger partial charge in [-0.2, -0.15) is 0 Å². The van der Waals surface area contributed by atoms with Crippen molar-refractivity contribution in [2.45, 2.75) is 136 Å². The molecule has 1 aliphatic rings. The molecule has 2 aromatic rings. The standard InChI is InChI=1S/C37H54O4/c1-7-11-12-13-14-15-23-36(39,8-2)24-22-30-16-17-31(25-28(30)5)37(9-3,10-4)32-18-20-34(29(6)26-32)40-27-33-19-21-35(38)41-33/h16-18,20,22,24-26,33,39H,7-15,19,21,23,27H2,1-6H3/b24-22+/t33-,36?/m0/s1. The average Bonchev–Trinajstić information content (AvgIpc) is 3.39. The first kappa shape index (κ1) is 32.9. The summed E-state index contributed by atoms with van der Waals surface area (Å²) in [5, 5.41) is 11.2. The molecule has 226 valence electrons. The Balaban J connectivity index is 1.74. The fourth-order valence-corrected chi connectivity index (χ4v) is 6.22. The van der Waals surface area contributed by atoms with Crippen LogP contribution in [0.2, 0.25) is 0 Å². The van der Waals surface area contributed by atoms with E-state index in [1.807, 2.05) is 6.08 Å². The maximum atomic E-state index is 11.4. The molecule has 1 N–H and O–H groups in total. The van der Waals surface area contributed by atoms with E-state index >= 15 is 0 Å². The third-order valence-corrected chi connectivity index (χ3v) is 9.30. The zero-order valence-corrected chi connectivity index (χ0v) is 26.6. The highest BCUT2D eigenvalue weighted by atomic mass is 16.6. The number of esters is 1. The van der Waals surface area contributed by atoms with Crippen LogP contribution < -0.4 is 4.74 Å². The molecular formula is C37H54O4. The highest BCUT2D eigenvalue weighted by Crippen LogP contribution is 2.41. The van der Waals surface area contributed by atoms with Gasteiger partial charge in [0.25, 0.3) is 0 Å². The molecule has 4 heteroatoms. The lowest BCUT2D eigenvalue weighted by atomic mass is 9.70. The third kappa shape index (κ3) is 8.70. The van der Waals surface area contributed by atoms with Crippen LogP contribution in [0.1, 0.15) is 133 Å². The molecule has 1 unspecified atom stereocenters. The first-order valence-electron chi connectivity index (χ1n) is 16.2. The molecule has 1 aliphatic heterocycles. The number of ether oxygens (including phenoxy) is 2. The number of benzene rings is 2. The number of aryl methyl sites for hydroxylation is 2. The molecular weight excluding hydrogens is 508 g/mol. The molecule has 0 amide bonds. The Kier molecular flexibility index (Phi) is 12.5. The van der Waals surface area contributed by atoms with Crippen molar-refractivity contribution in [2.24, 2.45) is 0 Å². The zero-order chi connectivity index (χ0) is 29.9. The van der Waals surface area contributed by atoms with Crippen molar-refractivity contribution in [3.8, 4) is 5.75 Å². The van der Waals surface area contributed by atoms with E-state index in [1.165, 1.54) is 48.8 Å². The van der Waals surface area contributed by atoms with Crippen molar-refractivity contribution in [3.63, 3.8) is 0 Å². The molecule has 4 nitrogen and oxygen atoms in total. The molecule has 1 saturated heterocycles. The molecule has 0 spiro atoms. The minimum atomic E-state index is -0.743. The summed E-state index contributed by atoms with van der Waals surface area (Å²) in [6, 6.07) is 13.3. The lowest BCUT2D eigenvalue weighted by Crippen LogP contribution is -2.26. The number of aliphatic hydroxyl groups is 1. The van der Waals surface area contributed by atoms with Gasteiger partial charge in [-0.3, -0.25) is 4.79 Å². The fourth-order valence-electron chi connectivity index (χ4n) is 6.22. The molecule has 0 radical (unpaired) electrons. The molecule has 41 heavy (non-hydrogen) atoms. The highest BCUT2D eigenvalue weighted by molar-refractivity contribution is 5.71. The summed E-state index contributed by atoms with van der Waals surface area (Å²) in [6.07, 6.45) is 16.2. The van der Waals surface area contributed by atoms with Gasteiger partial charge in [-0.25, -0.2) is 0 Å². The summed E-state index contributed by atoms with van der Waals surface area (Å²) in [6.45, 7) is 13.5. The third-order valence-electron chi connectivity index (χ3n) is 9.30. The van der Waals surface area contributed by atoms with Crippen LogP contribution in [0.15, 0.2) is 42.5 Å². The average molecular weight is 563 g/mol. The van der Waals surface area contributed by atoms with Crippen LogP contribution in [0.5, 0.6) is 5.75 Å². The van der Waals surface area contributed by atoms with Gasteiger partial charge in [0.05, 0.1) is 5.60 Å². The smallest absolute Gasteiger partial charge is 0.306 e. The Morgan fingerprint density at radius 2 is 1.56 bits per heavy atom. The Morgan fingerprint density at radius 1 is 0.902 bits per heavy atom. The number of rotatable bonds is 17. The van der Waals surface area contributed by atoms with Crippen LogP contribution in [0.3, 0.4) is 0 Å². The highest BCUT2D eigenvalue weighted by Gasteiger charge is 2.32. The quantitative estimate of drug-likeness (QED) is 0.154. The fraction of sp³-hybridized carbons (Fsp3) is 0.595. The minimum Gasteiger partial charge on any atom is -0.489 e. The van der Waals surface area contributed by atoms with Crippen LogP contribution >= 0.6 is 0 Å². The van der Waals surface area contributed by atoms with Crippen molar-refractivity contribution in [1.29, 1.82) is 0 Å². The van der Waals surface area contributed by atoms with E-state index in [4.69, 9.17) is 9.47 Å². The monoisotopic (exact) mass is 562 g/mol. The number of cyclic esters (lactones) is 1. The topological polar surface area (TPSA) is 55.8 Å². The molecule has 1 heterocycles. The number of unbranched alkanes of at least 4 members (excludes halogenated alkanes) is 5. The SMILES string of the molecule is CCCCCCCCC(O)(/C=C/c1ccc(C(CC)(CC)c2ccc(OC[C@@H]3CCC(=O)O3)c(C)c2)cc1C)CC. The van der Waals surface area contributed by atoms with Gasteiger partial charge in [0, 0.05) is 11.8 Å². The van der Waals surface area contributed by atoms with Gasteiger partial charge in [0.1, 0.15) is 18.5 Å². The van der Waals surface area contributed by atoms with Crippen LogP contribution in [0, 0.1) is 13.8 Å². The van der Waals surface area contributed by atoms with E-state index in [2.05, 4.69) is 84.0 Å². The summed E-state index contributed by atoms with van der Waals surface area (Å²) in [5.74, 6) is 0.714. The molecule has 0 aliphatic carbocycles. The zero-order valence-electron chi connectivity index (χ0n) is 26.6. The maximum Gasteiger partial charge on any atom is 0.306 e.